The molecule has 0 aliphatic rings. The molecular weight excluding hydrogens is 260 g/mol. The van der Waals surface area contributed by atoms with E-state index in [-0.39, 0.29) is 12.5 Å². The van der Waals surface area contributed by atoms with Crippen molar-refractivity contribution in [2.45, 2.75) is 6.92 Å². The summed E-state index contributed by atoms with van der Waals surface area (Å²) in [7, 11) is 1.80. The zero-order chi connectivity index (χ0) is 11.3. The van der Waals surface area contributed by atoms with Gasteiger partial charge >= 0.3 is 0 Å². The van der Waals surface area contributed by atoms with E-state index in [0.29, 0.717) is 12.5 Å². The molecule has 1 aromatic heterocycles. The van der Waals surface area contributed by atoms with E-state index in [4.69, 9.17) is 5.11 Å². The molecule has 0 fully saturated rings. The third kappa shape index (κ3) is 3.64. The van der Waals surface area contributed by atoms with Crippen molar-refractivity contribution in [2.24, 2.45) is 5.92 Å². The highest BCUT2D eigenvalue weighted by Crippen LogP contribution is 2.19. The second kappa shape index (κ2) is 5.87. The molecule has 1 atom stereocenters. The lowest BCUT2D eigenvalue weighted by atomic mass is 10.2. The van der Waals surface area contributed by atoms with E-state index in [1.165, 1.54) is 0 Å². The van der Waals surface area contributed by atoms with Gasteiger partial charge in [0, 0.05) is 26.4 Å². The molecule has 0 saturated carbocycles. The standard InChI is InChI=1S/C9H15BrN4O/c1-6(5-15)3-12-9-13-4-7(10)8(11-2)14-9/h4,6,15H,3,5H2,1-2H3,(H2,11,12,13,14). The smallest absolute Gasteiger partial charge is 0.224 e. The molecule has 1 aromatic rings. The lowest BCUT2D eigenvalue weighted by Crippen LogP contribution is -2.16. The number of nitrogens with zero attached hydrogens (tertiary/aromatic N) is 2. The van der Waals surface area contributed by atoms with Crippen molar-refractivity contribution in [3.63, 3.8) is 0 Å². The molecule has 0 aromatic carbocycles. The molecule has 15 heavy (non-hydrogen) atoms. The van der Waals surface area contributed by atoms with E-state index in [0.717, 1.165) is 10.3 Å². The van der Waals surface area contributed by atoms with Crippen molar-refractivity contribution in [3.05, 3.63) is 10.7 Å². The second-order valence-electron chi connectivity index (χ2n) is 3.31. The Kier molecular flexibility index (Phi) is 4.77. The Labute approximate surface area is 97.5 Å². The first-order valence-corrected chi connectivity index (χ1v) is 5.51. The fourth-order valence-corrected chi connectivity index (χ4v) is 1.35. The maximum atomic E-state index is 8.86. The van der Waals surface area contributed by atoms with Gasteiger partial charge < -0.3 is 15.7 Å². The maximum Gasteiger partial charge on any atom is 0.224 e. The quantitative estimate of drug-likeness (QED) is 0.756. The molecule has 5 nitrogen and oxygen atoms in total. The summed E-state index contributed by atoms with van der Waals surface area (Å²) < 4.78 is 0.825. The summed E-state index contributed by atoms with van der Waals surface area (Å²) in [4.78, 5) is 8.34. The number of nitrogens with one attached hydrogen (secondary N) is 2. The predicted octanol–water partition coefficient (Wildman–Crippen LogP) is 1.32. The fraction of sp³-hybridized carbons (Fsp3) is 0.556. The Hall–Kier alpha value is -0.880. The van der Waals surface area contributed by atoms with Crippen LogP contribution in [0.4, 0.5) is 11.8 Å². The van der Waals surface area contributed by atoms with Crippen LogP contribution in [0.3, 0.4) is 0 Å². The number of anilines is 2. The van der Waals surface area contributed by atoms with E-state index in [1.54, 1.807) is 13.2 Å². The van der Waals surface area contributed by atoms with Crippen LogP contribution in [0.15, 0.2) is 10.7 Å². The number of halogens is 1. The Morgan fingerprint density at radius 1 is 1.60 bits per heavy atom. The van der Waals surface area contributed by atoms with Crippen LogP contribution in [0.2, 0.25) is 0 Å². The number of aromatic nitrogens is 2. The molecule has 3 N–H and O–H groups in total. The van der Waals surface area contributed by atoms with Crippen molar-refractivity contribution in [3.8, 4) is 0 Å². The molecular formula is C9H15BrN4O. The van der Waals surface area contributed by atoms with Crippen LogP contribution in [-0.4, -0.2) is 35.3 Å². The monoisotopic (exact) mass is 274 g/mol. The summed E-state index contributed by atoms with van der Waals surface area (Å²) in [5.41, 5.74) is 0. The lowest BCUT2D eigenvalue weighted by molar-refractivity contribution is 0.244. The third-order valence-electron chi connectivity index (χ3n) is 1.90. The summed E-state index contributed by atoms with van der Waals surface area (Å²) >= 11 is 3.33. The minimum Gasteiger partial charge on any atom is -0.396 e. The average molecular weight is 275 g/mol. The molecule has 1 unspecified atom stereocenters. The molecule has 0 spiro atoms. The normalized spacial score (nSPS) is 12.3. The molecule has 1 rings (SSSR count). The summed E-state index contributed by atoms with van der Waals surface area (Å²) in [5, 5.41) is 14.9. The lowest BCUT2D eigenvalue weighted by Gasteiger charge is -2.10. The van der Waals surface area contributed by atoms with Gasteiger partial charge in [0.2, 0.25) is 5.95 Å². The van der Waals surface area contributed by atoms with Crippen molar-refractivity contribution in [1.82, 2.24) is 9.97 Å². The number of aliphatic hydroxyl groups excluding tert-OH is 1. The topological polar surface area (TPSA) is 70.1 Å². The van der Waals surface area contributed by atoms with Gasteiger partial charge in [-0.3, -0.25) is 0 Å². The van der Waals surface area contributed by atoms with E-state index in [2.05, 4.69) is 36.5 Å². The maximum absolute atomic E-state index is 8.86. The zero-order valence-corrected chi connectivity index (χ0v) is 10.4. The molecule has 0 bridgehead atoms. The van der Waals surface area contributed by atoms with Gasteiger partial charge in [-0.2, -0.15) is 4.98 Å². The zero-order valence-electron chi connectivity index (χ0n) is 8.79. The molecule has 0 aliphatic carbocycles. The van der Waals surface area contributed by atoms with Crippen LogP contribution in [-0.2, 0) is 0 Å². The van der Waals surface area contributed by atoms with Gasteiger partial charge in [-0.25, -0.2) is 4.98 Å². The largest absolute Gasteiger partial charge is 0.396 e. The van der Waals surface area contributed by atoms with E-state index in [9.17, 15) is 0 Å². The highest BCUT2D eigenvalue weighted by molar-refractivity contribution is 9.10. The number of hydrogen-bond donors (Lipinski definition) is 3. The van der Waals surface area contributed by atoms with Crippen molar-refractivity contribution >= 4 is 27.7 Å². The van der Waals surface area contributed by atoms with Gasteiger partial charge in [0.1, 0.15) is 5.82 Å². The molecule has 6 heteroatoms. The van der Waals surface area contributed by atoms with Crippen LogP contribution in [0.5, 0.6) is 0 Å². The van der Waals surface area contributed by atoms with Gasteiger partial charge in [-0.15, -0.1) is 0 Å². The third-order valence-corrected chi connectivity index (χ3v) is 2.48. The molecule has 0 amide bonds. The molecule has 0 aliphatic heterocycles. The number of aliphatic hydroxyl groups is 1. The van der Waals surface area contributed by atoms with Crippen LogP contribution in [0, 0.1) is 5.92 Å². The second-order valence-corrected chi connectivity index (χ2v) is 4.16. The average Bonchev–Trinajstić information content (AvgIpc) is 2.27. The SMILES string of the molecule is CNc1nc(NCC(C)CO)ncc1Br. The summed E-state index contributed by atoms with van der Waals surface area (Å²) in [6, 6.07) is 0. The van der Waals surface area contributed by atoms with E-state index < -0.39 is 0 Å². The predicted molar refractivity (Wildman–Crippen MR) is 64.0 cm³/mol. The Morgan fingerprint density at radius 2 is 2.33 bits per heavy atom. The van der Waals surface area contributed by atoms with E-state index >= 15 is 0 Å². The first-order valence-electron chi connectivity index (χ1n) is 4.72. The number of hydrogen-bond acceptors (Lipinski definition) is 5. The molecule has 0 radical (unpaired) electrons. The fourth-order valence-electron chi connectivity index (χ4n) is 0.958. The van der Waals surface area contributed by atoms with Crippen molar-refractivity contribution in [1.29, 1.82) is 0 Å². The van der Waals surface area contributed by atoms with Gasteiger partial charge in [-0.1, -0.05) is 6.92 Å². The molecule has 84 valence electrons. The van der Waals surface area contributed by atoms with Gasteiger partial charge in [-0.05, 0) is 21.8 Å². The Bertz CT molecular complexity index is 321. The Morgan fingerprint density at radius 3 is 2.93 bits per heavy atom. The van der Waals surface area contributed by atoms with Crippen LogP contribution >= 0.6 is 15.9 Å². The summed E-state index contributed by atoms with van der Waals surface area (Å²) in [5.74, 6) is 1.49. The van der Waals surface area contributed by atoms with Crippen molar-refractivity contribution in [2.75, 3.05) is 30.8 Å². The van der Waals surface area contributed by atoms with Crippen LogP contribution < -0.4 is 10.6 Å². The molecule has 1 heterocycles. The Balaban J connectivity index is 2.62. The summed E-state index contributed by atoms with van der Waals surface area (Å²) in [6.45, 7) is 2.76. The van der Waals surface area contributed by atoms with Crippen molar-refractivity contribution < 1.29 is 5.11 Å². The van der Waals surface area contributed by atoms with Crippen LogP contribution in [0.1, 0.15) is 6.92 Å². The summed E-state index contributed by atoms with van der Waals surface area (Å²) in [6.07, 6.45) is 1.69. The van der Waals surface area contributed by atoms with E-state index in [1.807, 2.05) is 6.92 Å². The first kappa shape index (κ1) is 12.2. The highest BCUT2D eigenvalue weighted by Gasteiger charge is 2.04. The molecule has 0 saturated heterocycles. The minimum absolute atomic E-state index is 0.155. The highest BCUT2D eigenvalue weighted by atomic mass is 79.9. The number of rotatable bonds is 5. The van der Waals surface area contributed by atoms with Gasteiger partial charge in [0.25, 0.3) is 0 Å². The minimum atomic E-state index is 0.155. The van der Waals surface area contributed by atoms with Gasteiger partial charge in [0.05, 0.1) is 4.47 Å². The van der Waals surface area contributed by atoms with Gasteiger partial charge in [0.15, 0.2) is 0 Å². The first-order chi connectivity index (χ1) is 7.17. The van der Waals surface area contributed by atoms with Crippen LogP contribution in [0.25, 0.3) is 0 Å².